The van der Waals surface area contributed by atoms with Crippen molar-refractivity contribution >= 4 is 17.8 Å². The third-order valence-electron chi connectivity index (χ3n) is 1.68. The Morgan fingerprint density at radius 2 is 2.21 bits per heavy atom. The first-order valence-corrected chi connectivity index (χ1v) is 5.54. The van der Waals surface area contributed by atoms with E-state index in [0.29, 0.717) is 11.0 Å². The highest BCUT2D eigenvalue weighted by molar-refractivity contribution is 7.98. The number of thioether (sulfide) groups is 1. The monoisotopic (exact) mass is 214 g/mol. The fourth-order valence-electron chi connectivity index (χ4n) is 0.934. The molecule has 0 aromatic carbocycles. The number of hydrogen-bond donors (Lipinski definition) is 0. The van der Waals surface area contributed by atoms with Crippen LogP contribution in [0.5, 0.6) is 0 Å². The average Bonchev–Trinajstić information content (AvgIpc) is 2.59. The number of rotatable bonds is 2. The number of carbonyl (C=O) groups excluding carboxylic acids is 1. The first kappa shape index (κ1) is 11.0. The first-order valence-electron chi connectivity index (χ1n) is 4.31. The van der Waals surface area contributed by atoms with Crippen molar-refractivity contribution in [3.63, 3.8) is 0 Å². The SMILES string of the molecule is CCc1nc(SC)n(C(=O)N(C)C)n1. The van der Waals surface area contributed by atoms with Crippen LogP contribution >= 0.6 is 11.8 Å². The van der Waals surface area contributed by atoms with Crippen molar-refractivity contribution in [2.24, 2.45) is 0 Å². The summed E-state index contributed by atoms with van der Waals surface area (Å²) < 4.78 is 1.34. The third kappa shape index (κ3) is 2.06. The van der Waals surface area contributed by atoms with E-state index in [0.717, 1.165) is 6.42 Å². The average molecular weight is 214 g/mol. The second-order valence-electron chi connectivity index (χ2n) is 2.96. The normalized spacial score (nSPS) is 10.3. The quantitative estimate of drug-likeness (QED) is 0.692. The van der Waals surface area contributed by atoms with E-state index in [9.17, 15) is 4.79 Å². The lowest BCUT2D eigenvalue weighted by Crippen LogP contribution is -2.28. The summed E-state index contributed by atoms with van der Waals surface area (Å²) >= 11 is 1.42. The molecule has 0 aliphatic heterocycles. The first-order chi connectivity index (χ1) is 6.60. The van der Waals surface area contributed by atoms with E-state index >= 15 is 0 Å². The van der Waals surface area contributed by atoms with Crippen LogP contribution in [0.1, 0.15) is 12.7 Å². The molecule has 5 nitrogen and oxygen atoms in total. The van der Waals surface area contributed by atoms with Crippen LogP contribution in [0.25, 0.3) is 0 Å². The van der Waals surface area contributed by atoms with Crippen molar-refractivity contribution < 1.29 is 4.79 Å². The molecular weight excluding hydrogens is 200 g/mol. The van der Waals surface area contributed by atoms with Crippen molar-refractivity contribution in [2.45, 2.75) is 18.5 Å². The summed E-state index contributed by atoms with van der Waals surface area (Å²) in [5.41, 5.74) is 0. The van der Waals surface area contributed by atoms with E-state index < -0.39 is 0 Å². The molecule has 0 saturated carbocycles. The topological polar surface area (TPSA) is 51.0 Å². The molecule has 1 heterocycles. The standard InChI is InChI=1S/C8H14N4OS/c1-5-6-9-7(14-4)12(10-6)8(13)11(2)3/h5H2,1-4H3. The smallest absolute Gasteiger partial charge is 0.329 e. The summed E-state index contributed by atoms with van der Waals surface area (Å²) in [5, 5.41) is 4.75. The maximum Gasteiger partial charge on any atom is 0.346 e. The maximum absolute atomic E-state index is 11.6. The molecule has 1 aromatic rings. The molecule has 0 unspecified atom stereocenters. The maximum atomic E-state index is 11.6. The molecule has 0 atom stereocenters. The van der Waals surface area contributed by atoms with Gasteiger partial charge in [-0.2, -0.15) is 4.68 Å². The second kappa shape index (κ2) is 4.45. The zero-order valence-corrected chi connectivity index (χ0v) is 9.63. The third-order valence-corrected chi connectivity index (χ3v) is 2.31. The van der Waals surface area contributed by atoms with Gasteiger partial charge in [0.1, 0.15) is 0 Å². The Morgan fingerprint density at radius 3 is 2.64 bits per heavy atom. The molecule has 0 aliphatic carbocycles. The van der Waals surface area contributed by atoms with Crippen LogP contribution in [0.2, 0.25) is 0 Å². The van der Waals surface area contributed by atoms with Crippen molar-refractivity contribution in [3.05, 3.63) is 5.82 Å². The largest absolute Gasteiger partial charge is 0.346 e. The summed E-state index contributed by atoms with van der Waals surface area (Å²) in [7, 11) is 3.39. The number of nitrogens with zero attached hydrogens (tertiary/aromatic N) is 4. The van der Waals surface area contributed by atoms with Gasteiger partial charge in [-0.15, -0.1) is 5.10 Å². The predicted molar refractivity (Wildman–Crippen MR) is 55.7 cm³/mol. The van der Waals surface area contributed by atoms with Gasteiger partial charge in [0.15, 0.2) is 11.0 Å². The molecule has 0 fully saturated rings. The van der Waals surface area contributed by atoms with E-state index in [1.54, 1.807) is 14.1 Å². The van der Waals surface area contributed by atoms with E-state index in [4.69, 9.17) is 0 Å². The zero-order valence-electron chi connectivity index (χ0n) is 8.81. The molecule has 14 heavy (non-hydrogen) atoms. The van der Waals surface area contributed by atoms with Crippen LogP contribution in [0.15, 0.2) is 5.16 Å². The minimum Gasteiger partial charge on any atom is -0.329 e. The molecule has 1 aromatic heterocycles. The van der Waals surface area contributed by atoms with Gasteiger partial charge >= 0.3 is 6.03 Å². The highest BCUT2D eigenvalue weighted by atomic mass is 32.2. The van der Waals surface area contributed by atoms with Crippen LogP contribution in [0.3, 0.4) is 0 Å². The zero-order chi connectivity index (χ0) is 10.7. The number of hydrogen-bond acceptors (Lipinski definition) is 4. The molecule has 0 spiro atoms. The van der Waals surface area contributed by atoms with Gasteiger partial charge < -0.3 is 4.90 Å². The van der Waals surface area contributed by atoms with Crippen molar-refractivity contribution in [2.75, 3.05) is 20.4 Å². The predicted octanol–water partition coefficient (Wildman–Crippen LogP) is 1.09. The fraction of sp³-hybridized carbons (Fsp3) is 0.625. The number of aryl methyl sites for hydroxylation is 1. The molecule has 0 aliphatic rings. The van der Waals surface area contributed by atoms with Crippen LogP contribution in [-0.4, -0.2) is 46.0 Å². The molecule has 1 rings (SSSR count). The molecule has 0 saturated heterocycles. The highest BCUT2D eigenvalue weighted by Crippen LogP contribution is 2.12. The Morgan fingerprint density at radius 1 is 1.57 bits per heavy atom. The van der Waals surface area contributed by atoms with Gasteiger partial charge in [0.2, 0.25) is 0 Å². The minimum atomic E-state index is -0.165. The number of carbonyl (C=O) groups is 1. The van der Waals surface area contributed by atoms with Crippen LogP contribution < -0.4 is 0 Å². The summed E-state index contributed by atoms with van der Waals surface area (Å²) in [6.07, 6.45) is 2.62. The van der Waals surface area contributed by atoms with Gasteiger partial charge in [-0.1, -0.05) is 18.7 Å². The summed E-state index contributed by atoms with van der Waals surface area (Å²) in [6.45, 7) is 1.96. The van der Waals surface area contributed by atoms with Gasteiger partial charge in [-0.3, -0.25) is 0 Å². The second-order valence-corrected chi connectivity index (χ2v) is 3.73. The Bertz CT molecular complexity index is 334. The minimum absolute atomic E-state index is 0.165. The molecule has 0 radical (unpaired) electrons. The van der Waals surface area contributed by atoms with E-state index in [1.165, 1.54) is 21.3 Å². The van der Waals surface area contributed by atoms with E-state index in [2.05, 4.69) is 10.1 Å². The van der Waals surface area contributed by atoms with Gasteiger partial charge in [0.25, 0.3) is 0 Å². The lowest BCUT2D eigenvalue weighted by molar-refractivity contribution is 0.213. The van der Waals surface area contributed by atoms with Crippen molar-refractivity contribution in [3.8, 4) is 0 Å². The molecule has 6 heteroatoms. The van der Waals surface area contributed by atoms with Crippen molar-refractivity contribution in [1.82, 2.24) is 19.7 Å². The lowest BCUT2D eigenvalue weighted by atomic mass is 10.5. The van der Waals surface area contributed by atoms with E-state index in [-0.39, 0.29) is 6.03 Å². The van der Waals surface area contributed by atoms with Crippen LogP contribution in [-0.2, 0) is 6.42 Å². The van der Waals surface area contributed by atoms with Gasteiger partial charge in [0.05, 0.1) is 0 Å². The fourth-order valence-corrected chi connectivity index (χ4v) is 1.42. The molecule has 1 amide bonds. The molecule has 0 bridgehead atoms. The Balaban J connectivity index is 3.06. The highest BCUT2D eigenvalue weighted by Gasteiger charge is 2.15. The molecular formula is C8H14N4OS. The Labute approximate surface area is 87.5 Å². The summed E-state index contributed by atoms with van der Waals surface area (Å²) in [6, 6.07) is -0.165. The van der Waals surface area contributed by atoms with Crippen LogP contribution in [0, 0.1) is 0 Å². The molecule has 78 valence electrons. The molecule has 0 N–H and O–H groups in total. The summed E-state index contributed by atoms with van der Waals surface area (Å²) in [5.74, 6) is 0.699. The Kier molecular flexibility index (Phi) is 3.51. The van der Waals surface area contributed by atoms with Crippen LogP contribution in [0.4, 0.5) is 4.79 Å². The summed E-state index contributed by atoms with van der Waals surface area (Å²) in [4.78, 5) is 17.3. The van der Waals surface area contributed by atoms with E-state index in [1.807, 2.05) is 13.2 Å². The lowest BCUT2D eigenvalue weighted by Gasteiger charge is -2.09. The van der Waals surface area contributed by atoms with Crippen molar-refractivity contribution in [1.29, 1.82) is 0 Å². The number of amides is 1. The Hall–Kier alpha value is -1.04. The number of aromatic nitrogens is 3. The van der Waals surface area contributed by atoms with Gasteiger partial charge in [-0.25, -0.2) is 9.78 Å². The van der Waals surface area contributed by atoms with Gasteiger partial charge in [0, 0.05) is 20.5 Å². The van der Waals surface area contributed by atoms with Gasteiger partial charge in [-0.05, 0) is 6.26 Å².